The first-order chi connectivity index (χ1) is 15.1. The van der Waals surface area contributed by atoms with Crippen molar-refractivity contribution in [3.05, 3.63) is 95.1 Å². The van der Waals surface area contributed by atoms with E-state index in [9.17, 15) is 13.2 Å². The lowest BCUT2D eigenvalue weighted by molar-refractivity contribution is 0.401. The van der Waals surface area contributed by atoms with Crippen molar-refractivity contribution in [3.63, 3.8) is 0 Å². The SMILES string of the molecule is CC(C)c1c(F)cccc1F.CC(C)c1ccccn1.COc1cccc(F)c1C(C)C. The molecule has 0 aliphatic heterocycles. The van der Waals surface area contributed by atoms with Crippen LogP contribution in [0.4, 0.5) is 13.2 Å². The molecule has 0 saturated carbocycles. The van der Waals surface area contributed by atoms with Gasteiger partial charge in [0.15, 0.2) is 0 Å². The van der Waals surface area contributed by atoms with Gasteiger partial charge >= 0.3 is 0 Å². The second-order valence-corrected chi connectivity index (χ2v) is 8.21. The number of hydrogen-bond donors (Lipinski definition) is 0. The summed E-state index contributed by atoms with van der Waals surface area (Å²) in [7, 11) is 1.56. The van der Waals surface area contributed by atoms with Gasteiger partial charge in [0, 0.05) is 23.0 Å². The van der Waals surface area contributed by atoms with Crippen molar-refractivity contribution >= 4 is 0 Å². The van der Waals surface area contributed by atoms with Gasteiger partial charge in [0.1, 0.15) is 23.2 Å². The molecule has 1 aromatic heterocycles. The van der Waals surface area contributed by atoms with Crippen LogP contribution in [0.15, 0.2) is 60.8 Å². The van der Waals surface area contributed by atoms with E-state index in [0.717, 1.165) is 5.69 Å². The molecular weight excluding hydrogens is 411 g/mol. The van der Waals surface area contributed by atoms with Gasteiger partial charge in [-0.05, 0) is 54.2 Å². The molecule has 0 unspecified atom stereocenters. The third kappa shape index (κ3) is 8.37. The Bertz CT molecular complexity index is 921. The Hall–Kier alpha value is -2.82. The summed E-state index contributed by atoms with van der Waals surface area (Å²) >= 11 is 0. The molecule has 2 aromatic carbocycles. The van der Waals surface area contributed by atoms with Crippen LogP contribution >= 0.6 is 0 Å². The minimum atomic E-state index is -0.458. The van der Waals surface area contributed by atoms with E-state index in [1.165, 1.54) is 24.3 Å². The topological polar surface area (TPSA) is 22.1 Å². The van der Waals surface area contributed by atoms with E-state index >= 15 is 0 Å². The fourth-order valence-corrected chi connectivity index (χ4v) is 3.04. The van der Waals surface area contributed by atoms with Crippen LogP contribution in [0, 0.1) is 17.5 Å². The molecule has 0 spiro atoms. The molecule has 0 aliphatic rings. The third-order valence-electron chi connectivity index (χ3n) is 4.67. The molecule has 0 saturated heterocycles. The maximum Gasteiger partial charge on any atom is 0.130 e. The molecule has 32 heavy (non-hydrogen) atoms. The van der Waals surface area contributed by atoms with Crippen LogP contribution < -0.4 is 4.74 Å². The van der Waals surface area contributed by atoms with Crippen LogP contribution in [0.3, 0.4) is 0 Å². The predicted molar refractivity (Wildman–Crippen MR) is 126 cm³/mol. The molecule has 0 fully saturated rings. The second-order valence-electron chi connectivity index (χ2n) is 8.21. The van der Waals surface area contributed by atoms with Gasteiger partial charge in [0.2, 0.25) is 0 Å². The minimum absolute atomic E-state index is 0.101. The van der Waals surface area contributed by atoms with Crippen LogP contribution in [0.2, 0.25) is 0 Å². The molecule has 0 aliphatic carbocycles. The van der Waals surface area contributed by atoms with E-state index in [2.05, 4.69) is 18.8 Å². The zero-order chi connectivity index (χ0) is 24.3. The molecule has 0 bridgehead atoms. The average Bonchev–Trinajstić information content (AvgIpc) is 2.74. The largest absolute Gasteiger partial charge is 0.496 e. The Kier molecular flexibility index (Phi) is 11.5. The maximum absolute atomic E-state index is 13.2. The van der Waals surface area contributed by atoms with E-state index in [-0.39, 0.29) is 23.2 Å². The highest BCUT2D eigenvalue weighted by molar-refractivity contribution is 5.36. The Balaban J connectivity index is 0.000000242. The van der Waals surface area contributed by atoms with Gasteiger partial charge in [-0.2, -0.15) is 0 Å². The number of pyridine rings is 1. The zero-order valence-electron chi connectivity index (χ0n) is 20.0. The van der Waals surface area contributed by atoms with Gasteiger partial charge in [-0.25, -0.2) is 13.2 Å². The number of benzene rings is 2. The average molecular weight is 446 g/mol. The van der Waals surface area contributed by atoms with Crippen molar-refractivity contribution in [2.45, 2.75) is 59.3 Å². The fourth-order valence-electron chi connectivity index (χ4n) is 3.04. The first kappa shape index (κ1) is 27.2. The van der Waals surface area contributed by atoms with E-state index in [1.807, 2.05) is 38.2 Å². The van der Waals surface area contributed by atoms with Gasteiger partial charge in [-0.3, -0.25) is 4.98 Å². The van der Waals surface area contributed by atoms with Crippen molar-refractivity contribution in [2.75, 3.05) is 7.11 Å². The van der Waals surface area contributed by atoms with Crippen LogP contribution in [0.5, 0.6) is 5.75 Å². The Labute approximate surface area is 190 Å². The number of nitrogens with zero attached hydrogens (tertiary/aromatic N) is 1. The summed E-state index contributed by atoms with van der Waals surface area (Å²) in [6.45, 7) is 11.7. The molecule has 3 aromatic rings. The molecule has 5 heteroatoms. The van der Waals surface area contributed by atoms with Crippen molar-refractivity contribution in [1.82, 2.24) is 4.98 Å². The Morgan fingerprint density at radius 3 is 1.44 bits per heavy atom. The summed E-state index contributed by atoms with van der Waals surface area (Å²) in [6.07, 6.45) is 1.83. The first-order valence-electron chi connectivity index (χ1n) is 10.8. The Morgan fingerprint density at radius 2 is 1.12 bits per heavy atom. The number of hydrogen-bond acceptors (Lipinski definition) is 2. The third-order valence-corrected chi connectivity index (χ3v) is 4.67. The molecular formula is C27H34F3NO. The van der Waals surface area contributed by atoms with Gasteiger partial charge in [-0.15, -0.1) is 0 Å². The normalized spacial score (nSPS) is 10.4. The van der Waals surface area contributed by atoms with Crippen molar-refractivity contribution in [3.8, 4) is 5.75 Å². The molecule has 3 rings (SSSR count). The minimum Gasteiger partial charge on any atom is -0.496 e. The Morgan fingerprint density at radius 1 is 0.625 bits per heavy atom. The highest BCUT2D eigenvalue weighted by atomic mass is 19.1. The molecule has 0 amide bonds. The lowest BCUT2D eigenvalue weighted by Crippen LogP contribution is -1.97. The lowest BCUT2D eigenvalue weighted by atomic mass is 10.0. The number of aromatic nitrogens is 1. The number of rotatable bonds is 4. The van der Waals surface area contributed by atoms with Gasteiger partial charge in [0.05, 0.1) is 7.11 Å². The van der Waals surface area contributed by atoms with Crippen LogP contribution in [-0.4, -0.2) is 12.1 Å². The lowest BCUT2D eigenvalue weighted by Gasteiger charge is -2.11. The van der Waals surface area contributed by atoms with Gasteiger partial charge in [-0.1, -0.05) is 59.7 Å². The second kappa shape index (κ2) is 13.6. The number of ether oxygens (including phenoxy) is 1. The monoisotopic (exact) mass is 445 g/mol. The summed E-state index contributed by atoms with van der Waals surface area (Å²) in [6, 6.07) is 14.8. The number of methoxy groups -OCH3 is 1. The van der Waals surface area contributed by atoms with Crippen LogP contribution in [0.1, 0.15) is 76.1 Å². The van der Waals surface area contributed by atoms with Crippen LogP contribution in [-0.2, 0) is 0 Å². The highest BCUT2D eigenvalue weighted by Crippen LogP contribution is 2.28. The summed E-state index contributed by atoms with van der Waals surface area (Å²) < 4.78 is 44.0. The molecule has 0 atom stereocenters. The van der Waals surface area contributed by atoms with Crippen molar-refractivity contribution in [2.24, 2.45) is 0 Å². The van der Waals surface area contributed by atoms with E-state index in [4.69, 9.17) is 4.74 Å². The van der Waals surface area contributed by atoms with Crippen LogP contribution in [0.25, 0.3) is 0 Å². The van der Waals surface area contributed by atoms with Crippen molar-refractivity contribution < 1.29 is 17.9 Å². The van der Waals surface area contributed by atoms with E-state index in [0.29, 0.717) is 17.2 Å². The highest BCUT2D eigenvalue weighted by Gasteiger charge is 2.12. The predicted octanol–water partition coefficient (Wildman–Crippen LogP) is 8.25. The summed E-state index contributed by atoms with van der Waals surface area (Å²) in [5.41, 5.74) is 1.99. The first-order valence-corrected chi connectivity index (χ1v) is 10.8. The summed E-state index contributed by atoms with van der Waals surface area (Å²) in [4.78, 5) is 4.18. The fraction of sp³-hybridized carbons (Fsp3) is 0.370. The van der Waals surface area contributed by atoms with E-state index < -0.39 is 11.6 Å². The molecule has 0 radical (unpaired) electrons. The summed E-state index contributed by atoms with van der Waals surface area (Å²) in [5, 5.41) is 0. The van der Waals surface area contributed by atoms with E-state index in [1.54, 1.807) is 33.1 Å². The smallest absolute Gasteiger partial charge is 0.130 e. The molecule has 2 nitrogen and oxygen atoms in total. The maximum atomic E-state index is 13.2. The van der Waals surface area contributed by atoms with Crippen molar-refractivity contribution in [1.29, 1.82) is 0 Å². The van der Waals surface area contributed by atoms with Gasteiger partial charge in [0.25, 0.3) is 0 Å². The number of halogens is 3. The standard InChI is InChI=1S/C10H13FO.C9H10F2.C8H11N/c1-7(2)10-8(11)5-4-6-9(10)12-3;1-6(2)9-7(10)4-3-5-8(9)11;1-7(2)8-5-3-4-6-9-8/h4-7H,1-3H3;3-6H,1-2H3;3-7H,1-2H3. The molecule has 0 N–H and O–H groups in total. The zero-order valence-corrected chi connectivity index (χ0v) is 20.0. The van der Waals surface area contributed by atoms with Gasteiger partial charge < -0.3 is 4.74 Å². The molecule has 1 heterocycles. The molecule has 174 valence electrons. The summed E-state index contributed by atoms with van der Waals surface area (Å²) in [5.74, 6) is 0.123. The quantitative estimate of drug-likeness (QED) is 0.403.